The summed E-state index contributed by atoms with van der Waals surface area (Å²) in [5.41, 5.74) is 4.15. The molecule has 7 nitrogen and oxygen atoms in total. The minimum Gasteiger partial charge on any atom is -0.486 e. The van der Waals surface area contributed by atoms with E-state index in [1.807, 2.05) is 6.20 Å². The number of fused-ring (bicyclic) bond motifs is 2. The van der Waals surface area contributed by atoms with Crippen LogP contribution in [0.1, 0.15) is 17.5 Å². The monoisotopic (exact) mass is 419 g/mol. The number of carbonyl (C=O) groups is 2. The number of aromatic amines is 1. The zero-order chi connectivity index (χ0) is 21.4. The van der Waals surface area contributed by atoms with Gasteiger partial charge in [-0.25, -0.2) is 0 Å². The van der Waals surface area contributed by atoms with E-state index in [2.05, 4.69) is 35.4 Å². The first-order valence-electron chi connectivity index (χ1n) is 10.6. The number of anilines is 1. The third-order valence-electron chi connectivity index (χ3n) is 5.97. The van der Waals surface area contributed by atoms with Gasteiger partial charge in [-0.1, -0.05) is 11.6 Å². The molecule has 0 saturated carbocycles. The molecule has 2 aliphatic heterocycles. The third kappa shape index (κ3) is 3.95. The number of H-pyrrole nitrogens is 1. The number of hydrogen-bond acceptors (Lipinski definition) is 4. The lowest BCUT2D eigenvalue weighted by Gasteiger charge is -2.19. The Morgan fingerprint density at radius 2 is 2.00 bits per heavy atom. The van der Waals surface area contributed by atoms with E-state index in [0.29, 0.717) is 43.5 Å². The number of nitrogens with zero attached hydrogens (tertiary/aromatic N) is 1. The highest BCUT2D eigenvalue weighted by Crippen LogP contribution is 2.33. The van der Waals surface area contributed by atoms with Gasteiger partial charge in [0.2, 0.25) is 11.8 Å². The maximum absolute atomic E-state index is 12.8. The van der Waals surface area contributed by atoms with E-state index < -0.39 is 0 Å². The number of ether oxygens (including phenoxy) is 2. The highest BCUT2D eigenvalue weighted by atomic mass is 16.6. The van der Waals surface area contributed by atoms with Crippen molar-refractivity contribution in [1.82, 2.24) is 9.88 Å². The van der Waals surface area contributed by atoms with Gasteiger partial charge in [-0.05, 0) is 43.2 Å². The Morgan fingerprint density at radius 3 is 2.87 bits per heavy atom. The predicted octanol–water partition coefficient (Wildman–Crippen LogP) is 3.28. The Kier molecular flexibility index (Phi) is 5.02. The largest absolute Gasteiger partial charge is 0.486 e. The van der Waals surface area contributed by atoms with Crippen molar-refractivity contribution >= 4 is 28.4 Å². The van der Waals surface area contributed by atoms with Gasteiger partial charge < -0.3 is 24.7 Å². The number of nitrogens with one attached hydrogen (secondary N) is 2. The second kappa shape index (κ2) is 7.98. The molecule has 5 rings (SSSR count). The number of aryl methyl sites for hydroxylation is 1. The van der Waals surface area contributed by atoms with Crippen LogP contribution in [0.15, 0.2) is 42.6 Å². The zero-order valence-electron chi connectivity index (χ0n) is 17.4. The Bertz CT molecular complexity index is 1150. The summed E-state index contributed by atoms with van der Waals surface area (Å²) in [6, 6.07) is 11.7. The molecule has 31 heavy (non-hydrogen) atoms. The lowest BCUT2D eigenvalue weighted by atomic mass is 10.1. The van der Waals surface area contributed by atoms with Gasteiger partial charge in [-0.3, -0.25) is 9.59 Å². The SMILES string of the molecule is Cc1ccc2[nH]cc(CCN3C[C@H](C(=O)Nc4ccc5c(c4)OCCO5)CC3=O)c2c1. The number of carbonyl (C=O) groups excluding carboxylic acids is 2. The van der Waals surface area contributed by atoms with Gasteiger partial charge in [0.15, 0.2) is 11.5 Å². The molecular weight excluding hydrogens is 394 g/mol. The summed E-state index contributed by atoms with van der Waals surface area (Å²) in [4.78, 5) is 30.3. The van der Waals surface area contributed by atoms with E-state index in [0.717, 1.165) is 11.9 Å². The van der Waals surface area contributed by atoms with Crippen molar-refractivity contribution in [3.05, 3.63) is 53.7 Å². The summed E-state index contributed by atoms with van der Waals surface area (Å²) in [5, 5.41) is 4.11. The van der Waals surface area contributed by atoms with E-state index in [9.17, 15) is 9.59 Å². The van der Waals surface area contributed by atoms with Crippen molar-refractivity contribution in [3.63, 3.8) is 0 Å². The maximum Gasteiger partial charge on any atom is 0.229 e. The fourth-order valence-electron chi connectivity index (χ4n) is 4.28. The van der Waals surface area contributed by atoms with E-state index in [1.54, 1.807) is 23.1 Å². The lowest BCUT2D eigenvalue weighted by Crippen LogP contribution is -2.30. The Hall–Kier alpha value is -3.48. The molecule has 0 spiro atoms. The topological polar surface area (TPSA) is 83.7 Å². The Morgan fingerprint density at radius 1 is 1.16 bits per heavy atom. The first-order valence-corrected chi connectivity index (χ1v) is 10.6. The van der Waals surface area contributed by atoms with Crippen molar-refractivity contribution in [2.45, 2.75) is 19.8 Å². The van der Waals surface area contributed by atoms with Crippen molar-refractivity contribution < 1.29 is 19.1 Å². The summed E-state index contributed by atoms with van der Waals surface area (Å²) < 4.78 is 11.1. The molecule has 1 saturated heterocycles. The average Bonchev–Trinajstić information content (AvgIpc) is 3.35. The molecule has 2 amide bonds. The van der Waals surface area contributed by atoms with Crippen LogP contribution in [0.4, 0.5) is 5.69 Å². The minimum atomic E-state index is -0.356. The molecule has 7 heteroatoms. The molecule has 1 aromatic heterocycles. The van der Waals surface area contributed by atoms with Crippen LogP contribution in [0.25, 0.3) is 10.9 Å². The van der Waals surface area contributed by atoms with E-state index in [1.165, 1.54) is 16.5 Å². The zero-order valence-corrected chi connectivity index (χ0v) is 17.4. The Balaban J connectivity index is 1.20. The fraction of sp³-hybridized carbons (Fsp3) is 0.333. The van der Waals surface area contributed by atoms with Gasteiger partial charge in [0, 0.05) is 48.4 Å². The van der Waals surface area contributed by atoms with Crippen LogP contribution in [0.5, 0.6) is 11.5 Å². The highest BCUT2D eigenvalue weighted by Gasteiger charge is 2.34. The van der Waals surface area contributed by atoms with Crippen molar-refractivity contribution in [1.29, 1.82) is 0 Å². The molecule has 1 atom stereocenters. The lowest BCUT2D eigenvalue weighted by molar-refractivity contribution is -0.128. The number of likely N-dealkylation sites (tertiary alicyclic amines) is 1. The molecule has 0 unspecified atom stereocenters. The van der Waals surface area contributed by atoms with Crippen molar-refractivity contribution in [2.75, 3.05) is 31.6 Å². The third-order valence-corrected chi connectivity index (χ3v) is 5.97. The molecular formula is C24H25N3O4. The minimum absolute atomic E-state index is 0.0262. The van der Waals surface area contributed by atoms with Crippen molar-refractivity contribution in [2.24, 2.45) is 5.92 Å². The van der Waals surface area contributed by atoms with Crippen LogP contribution in [0.3, 0.4) is 0 Å². The summed E-state index contributed by atoms with van der Waals surface area (Å²) in [6.07, 6.45) is 3.01. The van der Waals surface area contributed by atoms with E-state index in [-0.39, 0.29) is 24.2 Å². The standard InChI is InChI=1S/C24H25N3O4/c1-15-2-4-20-19(10-15)16(13-25-20)6-7-27-14-17(11-23(27)28)24(29)26-18-3-5-21-22(12-18)31-9-8-30-21/h2-5,10,12-13,17,25H,6-9,11,14H2,1H3,(H,26,29)/t17-/m1/s1. The van der Waals surface area contributed by atoms with Crippen LogP contribution in [0.2, 0.25) is 0 Å². The smallest absolute Gasteiger partial charge is 0.229 e. The molecule has 160 valence electrons. The maximum atomic E-state index is 12.8. The summed E-state index contributed by atoms with van der Waals surface area (Å²) in [7, 11) is 0. The highest BCUT2D eigenvalue weighted by molar-refractivity contribution is 5.97. The number of amides is 2. The fourth-order valence-corrected chi connectivity index (χ4v) is 4.28. The molecule has 0 radical (unpaired) electrons. The second-order valence-corrected chi connectivity index (χ2v) is 8.20. The van der Waals surface area contributed by atoms with Crippen LogP contribution in [0, 0.1) is 12.8 Å². The molecule has 0 bridgehead atoms. The van der Waals surface area contributed by atoms with Crippen molar-refractivity contribution in [3.8, 4) is 11.5 Å². The molecule has 3 heterocycles. The quantitative estimate of drug-likeness (QED) is 0.665. The van der Waals surface area contributed by atoms with Gasteiger partial charge in [-0.15, -0.1) is 0 Å². The van der Waals surface area contributed by atoms with Crippen LogP contribution >= 0.6 is 0 Å². The van der Waals surface area contributed by atoms with Gasteiger partial charge in [0.05, 0.1) is 5.92 Å². The van der Waals surface area contributed by atoms with Crippen LogP contribution in [-0.2, 0) is 16.0 Å². The predicted molar refractivity (Wildman–Crippen MR) is 117 cm³/mol. The summed E-state index contributed by atoms with van der Waals surface area (Å²) >= 11 is 0. The normalized spacial score (nSPS) is 17.9. The molecule has 2 N–H and O–H groups in total. The first kappa shape index (κ1) is 19.5. The van der Waals surface area contributed by atoms with E-state index >= 15 is 0 Å². The second-order valence-electron chi connectivity index (χ2n) is 8.20. The number of aromatic nitrogens is 1. The number of hydrogen-bond donors (Lipinski definition) is 2. The van der Waals surface area contributed by atoms with Crippen LogP contribution < -0.4 is 14.8 Å². The molecule has 3 aromatic rings. The molecule has 1 fully saturated rings. The van der Waals surface area contributed by atoms with Gasteiger partial charge >= 0.3 is 0 Å². The molecule has 2 aromatic carbocycles. The summed E-state index contributed by atoms with van der Waals surface area (Å²) in [6.45, 7) is 4.14. The van der Waals surface area contributed by atoms with E-state index in [4.69, 9.17) is 9.47 Å². The Labute approximate surface area is 180 Å². The molecule has 0 aliphatic carbocycles. The number of rotatable bonds is 5. The average molecular weight is 419 g/mol. The molecule has 2 aliphatic rings. The van der Waals surface area contributed by atoms with Gasteiger partial charge in [0.1, 0.15) is 13.2 Å². The summed E-state index contributed by atoms with van der Waals surface area (Å²) in [5.74, 6) is 0.834. The van der Waals surface area contributed by atoms with Crippen LogP contribution in [-0.4, -0.2) is 48.0 Å². The first-order chi connectivity index (χ1) is 15.1. The van der Waals surface area contributed by atoms with Gasteiger partial charge in [0.25, 0.3) is 0 Å². The number of benzene rings is 2. The van der Waals surface area contributed by atoms with Gasteiger partial charge in [-0.2, -0.15) is 0 Å².